The quantitative estimate of drug-likeness (QED) is 0.904. The molecule has 2 aliphatic carbocycles. The van der Waals surface area contributed by atoms with Crippen LogP contribution < -0.4 is 5.32 Å². The van der Waals surface area contributed by atoms with Gasteiger partial charge in [-0.1, -0.05) is 25.0 Å². The second kappa shape index (κ2) is 5.52. The Morgan fingerprint density at radius 1 is 1.37 bits per heavy atom. The first kappa shape index (κ1) is 13.6. The smallest absolute Gasteiger partial charge is 0.153 e. The van der Waals surface area contributed by atoms with Gasteiger partial charge in [-0.3, -0.25) is 0 Å². The summed E-state index contributed by atoms with van der Waals surface area (Å²) in [5.74, 6) is 2.66. The number of hydrogen-bond acceptors (Lipinski definition) is 3. The fourth-order valence-corrected chi connectivity index (χ4v) is 4.50. The number of aromatic nitrogens is 3. The van der Waals surface area contributed by atoms with Gasteiger partial charge in [0.25, 0.3) is 0 Å². The third-order valence-corrected chi connectivity index (χ3v) is 5.41. The average Bonchev–Trinajstić information content (AvgIpc) is 3.05. The van der Waals surface area contributed by atoms with Crippen LogP contribution in [-0.2, 0) is 7.05 Å². The van der Waals surface area contributed by atoms with Crippen molar-refractivity contribution in [1.29, 1.82) is 0 Å². The highest BCUT2D eigenvalue weighted by Gasteiger charge is 2.55. The summed E-state index contributed by atoms with van der Waals surface area (Å²) in [6.45, 7) is 3.29. The zero-order chi connectivity index (χ0) is 13.4. The van der Waals surface area contributed by atoms with Crippen molar-refractivity contribution < 1.29 is 0 Å². The Morgan fingerprint density at radius 2 is 2.05 bits per heavy atom. The van der Waals surface area contributed by atoms with Gasteiger partial charge in [-0.05, 0) is 59.5 Å². The van der Waals surface area contributed by atoms with Gasteiger partial charge < -0.3 is 5.32 Å². The van der Waals surface area contributed by atoms with Crippen LogP contribution in [0, 0.1) is 17.8 Å². The highest BCUT2D eigenvalue weighted by molar-refractivity contribution is 9.10. The molecule has 5 heteroatoms. The van der Waals surface area contributed by atoms with E-state index in [4.69, 9.17) is 0 Å². The first-order chi connectivity index (χ1) is 9.24. The van der Waals surface area contributed by atoms with Gasteiger partial charge in [0.15, 0.2) is 4.60 Å². The van der Waals surface area contributed by atoms with Crippen LogP contribution in [0.2, 0.25) is 0 Å². The van der Waals surface area contributed by atoms with E-state index in [9.17, 15) is 0 Å². The van der Waals surface area contributed by atoms with E-state index in [1.54, 1.807) is 0 Å². The number of rotatable bonds is 5. The standard InChI is InChI=1S/C14H23BrN4/c1-3-8-16-12(13-14(15)17-18-19(13)2)11-9-6-4-5-7-10(9)11/h9-12,16H,3-8H2,1-2H3. The Balaban J connectivity index is 1.82. The van der Waals surface area contributed by atoms with Crippen molar-refractivity contribution in [1.82, 2.24) is 20.3 Å². The van der Waals surface area contributed by atoms with Crippen LogP contribution in [0.5, 0.6) is 0 Å². The Hall–Kier alpha value is -0.420. The summed E-state index contributed by atoms with van der Waals surface area (Å²) < 4.78 is 2.84. The molecule has 1 N–H and O–H groups in total. The van der Waals surface area contributed by atoms with Gasteiger partial charge in [0.2, 0.25) is 0 Å². The number of nitrogens with one attached hydrogen (secondary N) is 1. The molecule has 19 heavy (non-hydrogen) atoms. The van der Waals surface area contributed by atoms with E-state index < -0.39 is 0 Å². The Kier molecular flexibility index (Phi) is 3.94. The summed E-state index contributed by atoms with van der Waals surface area (Å²) in [5.41, 5.74) is 1.23. The van der Waals surface area contributed by atoms with Gasteiger partial charge >= 0.3 is 0 Å². The molecule has 3 rings (SSSR count). The van der Waals surface area contributed by atoms with Crippen molar-refractivity contribution in [2.45, 2.75) is 45.1 Å². The molecule has 4 nitrogen and oxygen atoms in total. The fraction of sp³-hybridized carbons (Fsp3) is 0.857. The molecule has 3 unspecified atom stereocenters. The lowest BCUT2D eigenvalue weighted by atomic mass is 10.0. The molecule has 0 saturated heterocycles. The molecule has 1 aromatic heterocycles. The molecule has 0 bridgehead atoms. The summed E-state index contributed by atoms with van der Waals surface area (Å²) in [6.07, 6.45) is 6.85. The maximum Gasteiger partial charge on any atom is 0.153 e. The molecule has 0 spiro atoms. The van der Waals surface area contributed by atoms with Crippen LogP contribution >= 0.6 is 15.9 Å². The molecule has 0 radical (unpaired) electrons. The minimum atomic E-state index is 0.419. The molecular formula is C14H23BrN4. The lowest BCUT2D eigenvalue weighted by molar-refractivity contribution is 0.419. The minimum Gasteiger partial charge on any atom is -0.308 e. The van der Waals surface area contributed by atoms with Gasteiger partial charge in [-0.25, -0.2) is 4.68 Å². The topological polar surface area (TPSA) is 42.7 Å². The van der Waals surface area contributed by atoms with E-state index >= 15 is 0 Å². The van der Waals surface area contributed by atoms with E-state index in [-0.39, 0.29) is 0 Å². The number of nitrogens with zero attached hydrogens (tertiary/aromatic N) is 3. The molecule has 0 aliphatic heterocycles. The first-order valence-corrected chi connectivity index (χ1v) is 8.31. The Bertz CT molecular complexity index is 413. The van der Waals surface area contributed by atoms with Crippen LogP contribution in [0.4, 0.5) is 0 Å². The Morgan fingerprint density at radius 3 is 2.58 bits per heavy atom. The second-order valence-electron chi connectivity index (χ2n) is 6.01. The van der Waals surface area contributed by atoms with E-state index in [1.165, 1.54) is 37.8 Å². The lowest BCUT2D eigenvalue weighted by Crippen LogP contribution is -2.27. The molecule has 0 amide bonds. The van der Waals surface area contributed by atoms with Crippen molar-refractivity contribution in [2.75, 3.05) is 6.54 Å². The molecule has 106 valence electrons. The molecule has 2 aliphatic rings. The minimum absolute atomic E-state index is 0.419. The largest absolute Gasteiger partial charge is 0.308 e. The molecule has 3 atom stereocenters. The predicted octanol–water partition coefficient (Wildman–Crippen LogP) is 3.05. The highest BCUT2D eigenvalue weighted by atomic mass is 79.9. The van der Waals surface area contributed by atoms with Gasteiger partial charge in [0.1, 0.15) is 0 Å². The number of aryl methyl sites for hydroxylation is 1. The molecule has 2 fully saturated rings. The molecule has 1 heterocycles. The summed E-state index contributed by atoms with van der Waals surface area (Å²) in [5, 5.41) is 12.1. The van der Waals surface area contributed by atoms with Crippen molar-refractivity contribution >= 4 is 15.9 Å². The van der Waals surface area contributed by atoms with E-state index in [0.29, 0.717) is 6.04 Å². The van der Waals surface area contributed by atoms with Gasteiger partial charge in [-0.2, -0.15) is 0 Å². The predicted molar refractivity (Wildman–Crippen MR) is 78.7 cm³/mol. The van der Waals surface area contributed by atoms with E-state index in [1.807, 2.05) is 11.7 Å². The fourth-order valence-electron chi connectivity index (χ4n) is 3.93. The lowest BCUT2D eigenvalue weighted by Gasteiger charge is -2.19. The Labute approximate surface area is 123 Å². The van der Waals surface area contributed by atoms with Crippen LogP contribution in [0.15, 0.2) is 4.60 Å². The number of fused-ring (bicyclic) bond motifs is 1. The van der Waals surface area contributed by atoms with Crippen molar-refractivity contribution in [2.24, 2.45) is 24.8 Å². The summed E-state index contributed by atoms with van der Waals surface area (Å²) in [4.78, 5) is 0. The number of halogens is 1. The van der Waals surface area contributed by atoms with E-state index in [2.05, 4.69) is 38.5 Å². The second-order valence-corrected chi connectivity index (χ2v) is 6.76. The third-order valence-electron chi connectivity index (χ3n) is 4.84. The van der Waals surface area contributed by atoms with Gasteiger partial charge in [-0.15, -0.1) is 5.10 Å². The maximum atomic E-state index is 4.16. The van der Waals surface area contributed by atoms with Crippen LogP contribution in [-0.4, -0.2) is 21.5 Å². The van der Waals surface area contributed by atoms with E-state index in [0.717, 1.165) is 28.9 Å². The zero-order valence-electron chi connectivity index (χ0n) is 11.8. The highest BCUT2D eigenvalue weighted by Crippen LogP contribution is 2.60. The van der Waals surface area contributed by atoms with Gasteiger partial charge in [0.05, 0.1) is 11.7 Å². The van der Waals surface area contributed by atoms with Crippen molar-refractivity contribution in [3.05, 3.63) is 10.3 Å². The molecule has 1 aromatic rings. The average molecular weight is 327 g/mol. The van der Waals surface area contributed by atoms with Crippen LogP contribution in [0.3, 0.4) is 0 Å². The van der Waals surface area contributed by atoms with Crippen molar-refractivity contribution in [3.8, 4) is 0 Å². The zero-order valence-corrected chi connectivity index (χ0v) is 13.4. The van der Waals surface area contributed by atoms with Crippen molar-refractivity contribution in [3.63, 3.8) is 0 Å². The van der Waals surface area contributed by atoms with Crippen LogP contribution in [0.1, 0.15) is 50.8 Å². The summed E-state index contributed by atoms with van der Waals surface area (Å²) >= 11 is 3.57. The summed E-state index contributed by atoms with van der Waals surface area (Å²) in [6, 6.07) is 0.419. The number of hydrogen-bond donors (Lipinski definition) is 1. The summed E-state index contributed by atoms with van der Waals surface area (Å²) in [7, 11) is 2.00. The molecule has 2 saturated carbocycles. The monoisotopic (exact) mass is 326 g/mol. The molecular weight excluding hydrogens is 304 g/mol. The molecule has 0 aromatic carbocycles. The van der Waals surface area contributed by atoms with Crippen LogP contribution in [0.25, 0.3) is 0 Å². The van der Waals surface area contributed by atoms with Gasteiger partial charge in [0, 0.05) is 7.05 Å². The normalized spacial score (nSPS) is 31.0. The first-order valence-electron chi connectivity index (χ1n) is 7.52. The third kappa shape index (κ3) is 2.47. The maximum absolute atomic E-state index is 4.16. The SMILES string of the molecule is CCCNC(c1c(Br)nnn1C)C1C2CCCCC21.